The van der Waals surface area contributed by atoms with Crippen molar-refractivity contribution in [3.63, 3.8) is 0 Å². The summed E-state index contributed by atoms with van der Waals surface area (Å²) in [5.41, 5.74) is 5.94. The number of amides is 1. The van der Waals surface area contributed by atoms with Crippen molar-refractivity contribution in [3.05, 3.63) is 71.2 Å². The van der Waals surface area contributed by atoms with Gasteiger partial charge in [-0.1, -0.05) is 0 Å². The number of methoxy groups -OCH3 is 2. The Hall–Kier alpha value is -3.98. The molecule has 8 nitrogen and oxygen atoms in total. The van der Waals surface area contributed by atoms with Crippen LogP contribution in [0.1, 0.15) is 41.4 Å². The quantitative estimate of drug-likeness (QED) is 0.386. The average Bonchev–Trinajstić information content (AvgIpc) is 2.87. The van der Waals surface area contributed by atoms with E-state index in [0.717, 1.165) is 0 Å². The van der Waals surface area contributed by atoms with Crippen molar-refractivity contribution < 1.29 is 33.3 Å². The van der Waals surface area contributed by atoms with Crippen molar-refractivity contribution in [2.24, 2.45) is 5.73 Å². The van der Waals surface area contributed by atoms with Crippen molar-refractivity contribution in [3.8, 4) is 28.5 Å². The number of nitrogens with zero attached hydrogens (tertiary/aromatic N) is 1. The monoisotopic (exact) mass is 496 g/mol. The molecule has 0 aliphatic heterocycles. The van der Waals surface area contributed by atoms with Crippen LogP contribution < -0.4 is 19.9 Å². The number of hydrogen-bond acceptors (Lipinski definition) is 7. The Bertz CT molecular complexity index is 1280. The molecule has 0 fully saturated rings. The number of ether oxygens (including phenoxy) is 3. The minimum absolute atomic E-state index is 0.0241. The molecule has 2 aromatic carbocycles. The summed E-state index contributed by atoms with van der Waals surface area (Å²) in [7, 11) is 2.92. The molecule has 1 aromatic heterocycles. The topological polar surface area (TPSA) is 121 Å². The van der Waals surface area contributed by atoms with Crippen molar-refractivity contribution in [1.82, 2.24) is 4.98 Å². The maximum absolute atomic E-state index is 13.8. The van der Waals surface area contributed by atoms with Gasteiger partial charge >= 0.3 is 0 Å². The van der Waals surface area contributed by atoms with Gasteiger partial charge in [-0.15, -0.1) is 0 Å². The summed E-state index contributed by atoms with van der Waals surface area (Å²) in [6.07, 6.45) is 0.117. The molecule has 0 bridgehead atoms. The Labute approximate surface area is 208 Å². The smallest absolute Gasteiger partial charge is 0.255 e. The molecule has 0 radical (unpaired) electrons. The highest BCUT2D eigenvalue weighted by molar-refractivity contribution is 5.96. The lowest BCUT2D eigenvalue weighted by atomic mass is 9.92. The number of Topliss-reactive ketones (excluding diaryl/α,β-unsaturated/α-hetero) is 1. The molecular formula is C27H29FN2O6. The zero-order chi connectivity index (χ0) is 26.5. The van der Waals surface area contributed by atoms with Crippen LogP contribution in [0.5, 0.6) is 17.2 Å². The van der Waals surface area contributed by atoms with E-state index < -0.39 is 11.5 Å². The number of benzene rings is 2. The van der Waals surface area contributed by atoms with Crippen molar-refractivity contribution in [2.75, 3.05) is 20.8 Å². The summed E-state index contributed by atoms with van der Waals surface area (Å²) < 4.78 is 29.7. The molecule has 1 atom stereocenters. The van der Waals surface area contributed by atoms with Crippen LogP contribution in [0.3, 0.4) is 0 Å². The molecule has 0 saturated carbocycles. The predicted octanol–water partition coefficient (Wildman–Crippen LogP) is 3.95. The molecule has 3 N–H and O–H groups in total. The number of carbonyl (C=O) groups is 2. The lowest BCUT2D eigenvalue weighted by molar-refractivity contribution is -0.119. The number of carbonyl (C=O) groups excluding carboxylic acids is 2. The molecule has 9 heteroatoms. The Morgan fingerprint density at radius 3 is 2.36 bits per heavy atom. The molecule has 3 aromatic rings. The molecule has 0 aliphatic rings. The molecule has 0 spiro atoms. The fraction of sp³-hybridized carbons (Fsp3) is 0.296. The lowest BCUT2D eigenvalue weighted by Gasteiger charge is -2.24. The number of aliphatic hydroxyl groups is 1. The fourth-order valence-electron chi connectivity index (χ4n) is 3.65. The van der Waals surface area contributed by atoms with Gasteiger partial charge in [0.05, 0.1) is 19.9 Å². The van der Waals surface area contributed by atoms with Crippen LogP contribution in [-0.2, 0) is 10.4 Å². The highest BCUT2D eigenvalue weighted by Gasteiger charge is 2.28. The first kappa shape index (κ1) is 26.6. The summed E-state index contributed by atoms with van der Waals surface area (Å²) >= 11 is 0. The number of ketones is 1. The molecule has 36 heavy (non-hydrogen) atoms. The van der Waals surface area contributed by atoms with Crippen molar-refractivity contribution in [1.29, 1.82) is 0 Å². The van der Waals surface area contributed by atoms with E-state index >= 15 is 0 Å². The number of aromatic nitrogens is 1. The lowest BCUT2D eigenvalue weighted by Crippen LogP contribution is -2.24. The van der Waals surface area contributed by atoms with Gasteiger partial charge < -0.3 is 25.1 Å². The van der Waals surface area contributed by atoms with E-state index in [-0.39, 0.29) is 42.5 Å². The Balaban J connectivity index is 1.79. The zero-order valence-electron chi connectivity index (χ0n) is 20.6. The van der Waals surface area contributed by atoms with Gasteiger partial charge in [0.2, 0.25) is 0 Å². The second kappa shape index (κ2) is 11.2. The standard InChI is InChI=1S/C27H29FN2O6/c1-16-13-18(5-7-19(16)28)26-22(34-3)9-10-24(30-26)27(2,33)12-11-20(31)17-6-8-21(23(14-17)35-4)36-15-25(29)32/h5-10,13-14,33H,11-12,15H2,1-4H3,(H2,29,32)/t27-/m1/s1. The zero-order valence-corrected chi connectivity index (χ0v) is 20.6. The van der Waals surface area contributed by atoms with Crippen LogP contribution in [0, 0.1) is 12.7 Å². The molecule has 0 aliphatic carbocycles. The first-order chi connectivity index (χ1) is 17.1. The molecule has 0 saturated heterocycles. The Morgan fingerprint density at radius 1 is 1.03 bits per heavy atom. The number of nitrogens with two attached hydrogens (primary N) is 1. The third kappa shape index (κ3) is 6.17. The van der Waals surface area contributed by atoms with Crippen molar-refractivity contribution in [2.45, 2.75) is 32.3 Å². The van der Waals surface area contributed by atoms with E-state index in [4.69, 9.17) is 19.9 Å². The van der Waals surface area contributed by atoms with E-state index in [1.807, 2.05) is 0 Å². The molecule has 1 amide bonds. The number of primary amides is 1. The number of pyridine rings is 1. The average molecular weight is 497 g/mol. The molecule has 190 valence electrons. The predicted molar refractivity (Wildman–Crippen MR) is 132 cm³/mol. The first-order valence-electron chi connectivity index (χ1n) is 11.2. The normalized spacial score (nSPS) is 12.5. The van der Waals surface area contributed by atoms with E-state index in [1.54, 1.807) is 44.2 Å². The number of aryl methyl sites for hydroxylation is 1. The highest BCUT2D eigenvalue weighted by atomic mass is 19.1. The summed E-state index contributed by atoms with van der Waals surface area (Å²) in [6.45, 7) is 2.92. The van der Waals surface area contributed by atoms with Gasteiger partial charge in [0, 0.05) is 17.5 Å². The second-order valence-electron chi connectivity index (χ2n) is 8.53. The SMILES string of the molecule is COc1cc(C(=O)CC[C@@](C)(O)c2ccc(OC)c(-c3ccc(F)c(C)c3)n2)ccc1OCC(N)=O. The van der Waals surface area contributed by atoms with E-state index in [1.165, 1.54) is 32.4 Å². The maximum Gasteiger partial charge on any atom is 0.255 e. The van der Waals surface area contributed by atoms with Crippen LogP contribution >= 0.6 is 0 Å². The summed E-state index contributed by atoms with van der Waals surface area (Å²) in [5, 5.41) is 11.2. The first-order valence-corrected chi connectivity index (χ1v) is 11.2. The van der Waals surface area contributed by atoms with E-state index in [2.05, 4.69) is 4.98 Å². The van der Waals surface area contributed by atoms with E-state index in [9.17, 15) is 19.1 Å². The van der Waals surface area contributed by atoms with Gasteiger partial charge in [-0.3, -0.25) is 9.59 Å². The summed E-state index contributed by atoms with van der Waals surface area (Å²) in [6, 6.07) is 12.5. The number of halogens is 1. The molecule has 1 heterocycles. The maximum atomic E-state index is 13.8. The minimum Gasteiger partial charge on any atom is -0.494 e. The molecule has 3 rings (SSSR count). The van der Waals surface area contributed by atoms with Crippen LogP contribution in [0.25, 0.3) is 11.3 Å². The van der Waals surface area contributed by atoms with Crippen LogP contribution in [0.4, 0.5) is 4.39 Å². The third-order valence-corrected chi connectivity index (χ3v) is 5.76. The highest BCUT2D eigenvalue weighted by Crippen LogP contribution is 2.34. The van der Waals surface area contributed by atoms with Gasteiger partial charge in [0.1, 0.15) is 22.9 Å². The third-order valence-electron chi connectivity index (χ3n) is 5.76. The Kier molecular flexibility index (Phi) is 8.26. The van der Waals surface area contributed by atoms with Crippen LogP contribution in [-0.4, -0.2) is 42.6 Å². The van der Waals surface area contributed by atoms with Gasteiger partial charge in [-0.2, -0.15) is 0 Å². The van der Waals surface area contributed by atoms with Crippen LogP contribution in [0.2, 0.25) is 0 Å². The van der Waals surface area contributed by atoms with Gasteiger partial charge in [0.15, 0.2) is 23.9 Å². The van der Waals surface area contributed by atoms with Crippen molar-refractivity contribution >= 4 is 11.7 Å². The fourth-order valence-corrected chi connectivity index (χ4v) is 3.65. The van der Waals surface area contributed by atoms with Gasteiger partial charge in [-0.05, 0) is 74.4 Å². The molecular weight excluding hydrogens is 467 g/mol. The number of hydrogen-bond donors (Lipinski definition) is 2. The van der Waals surface area contributed by atoms with Gasteiger partial charge in [-0.25, -0.2) is 9.37 Å². The second-order valence-corrected chi connectivity index (χ2v) is 8.53. The minimum atomic E-state index is -1.43. The summed E-state index contributed by atoms with van der Waals surface area (Å²) in [4.78, 5) is 28.4. The van der Waals surface area contributed by atoms with E-state index in [0.29, 0.717) is 33.8 Å². The number of rotatable bonds is 11. The largest absolute Gasteiger partial charge is 0.494 e. The molecule has 0 unspecified atom stereocenters. The van der Waals surface area contributed by atoms with Crippen LogP contribution in [0.15, 0.2) is 48.5 Å². The van der Waals surface area contributed by atoms with Gasteiger partial charge in [0.25, 0.3) is 5.91 Å². The summed E-state index contributed by atoms with van der Waals surface area (Å²) in [5.74, 6) is -0.149. The Morgan fingerprint density at radius 2 is 1.72 bits per heavy atom.